The smallest absolute Gasteiger partial charge is 0.232 e. The molecule has 0 unspecified atom stereocenters. The van der Waals surface area contributed by atoms with Crippen LogP contribution >= 0.6 is 39.3 Å². The average molecular weight is 384 g/mol. The molecule has 2 aromatic rings. The van der Waals surface area contributed by atoms with Gasteiger partial charge in [-0.05, 0) is 46.7 Å². The van der Waals surface area contributed by atoms with Crippen LogP contribution in [0.4, 0.5) is 13.2 Å². The highest BCUT2D eigenvalue weighted by molar-refractivity contribution is 9.10. The summed E-state index contributed by atoms with van der Waals surface area (Å²) in [6, 6.07) is 5.82. The van der Waals surface area contributed by atoms with Crippen LogP contribution in [0.5, 0.6) is 0 Å². The van der Waals surface area contributed by atoms with Gasteiger partial charge in [-0.15, -0.1) is 0 Å². The summed E-state index contributed by atoms with van der Waals surface area (Å²) < 4.78 is 37.3. The first-order valence-electron chi connectivity index (χ1n) is 5.32. The van der Waals surface area contributed by atoms with Crippen molar-refractivity contribution < 1.29 is 13.2 Å². The molecule has 1 aromatic heterocycles. The van der Waals surface area contributed by atoms with E-state index in [1.165, 1.54) is 24.3 Å². The van der Waals surface area contributed by atoms with E-state index in [1.807, 2.05) is 0 Å². The summed E-state index contributed by atoms with van der Waals surface area (Å²) in [7, 11) is 0. The molecular weight excluding hydrogens is 377 g/mol. The molecule has 106 valence electrons. The van der Waals surface area contributed by atoms with Crippen LogP contribution in [0, 0.1) is 6.92 Å². The van der Waals surface area contributed by atoms with Gasteiger partial charge in [0.05, 0.1) is 10.2 Å². The molecule has 0 saturated carbocycles. The summed E-state index contributed by atoms with van der Waals surface area (Å²) in [6.45, 7) is 1.76. The van der Waals surface area contributed by atoms with Crippen molar-refractivity contribution in [3.05, 3.63) is 39.6 Å². The predicted octanol–water partition coefficient (Wildman–Crippen LogP) is 5.48. The molecule has 0 saturated heterocycles. The van der Waals surface area contributed by atoms with Crippen LogP contribution in [0.15, 0.2) is 33.6 Å². The Morgan fingerprint density at radius 2 is 1.75 bits per heavy atom. The van der Waals surface area contributed by atoms with Gasteiger partial charge in [0.1, 0.15) is 5.15 Å². The number of thioether (sulfide) groups is 1. The molecular formula is C12H7BrClF3N2S. The molecule has 0 N–H and O–H groups in total. The van der Waals surface area contributed by atoms with Crippen LogP contribution < -0.4 is 0 Å². The number of aromatic nitrogens is 2. The first-order valence-corrected chi connectivity index (χ1v) is 7.31. The summed E-state index contributed by atoms with van der Waals surface area (Å²) in [5.74, 6) is 0.374. The molecule has 1 aromatic carbocycles. The van der Waals surface area contributed by atoms with Crippen molar-refractivity contribution in [3.8, 4) is 11.4 Å². The summed E-state index contributed by atoms with van der Waals surface area (Å²) >= 11 is 9.02. The number of benzene rings is 1. The van der Waals surface area contributed by atoms with Crippen LogP contribution in [0.25, 0.3) is 11.4 Å². The maximum absolute atomic E-state index is 12.2. The van der Waals surface area contributed by atoms with Crippen LogP contribution in [0.2, 0.25) is 5.15 Å². The molecule has 0 fully saturated rings. The number of hydrogen-bond donors (Lipinski definition) is 0. The Balaban J connectivity index is 2.31. The van der Waals surface area contributed by atoms with Crippen molar-refractivity contribution in [2.45, 2.75) is 17.3 Å². The lowest BCUT2D eigenvalue weighted by atomic mass is 10.2. The molecule has 0 radical (unpaired) electrons. The molecule has 0 aliphatic carbocycles. The van der Waals surface area contributed by atoms with E-state index in [-0.39, 0.29) is 21.8 Å². The van der Waals surface area contributed by atoms with E-state index in [1.54, 1.807) is 6.92 Å². The van der Waals surface area contributed by atoms with Gasteiger partial charge in [-0.1, -0.05) is 23.7 Å². The van der Waals surface area contributed by atoms with Crippen molar-refractivity contribution in [1.82, 2.24) is 9.97 Å². The normalized spacial score (nSPS) is 11.7. The zero-order chi connectivity index (χ0) is 14.9. The van der Waals surface area contributed by atoms with Crippen LogP contribution in [0.1, 0.15) is 5.69 Å². The largest absolute Gasteiger partial charge is 0.446 e. The SMILES string of the molecule is Cc1nc(-c2ccc(SC(F)(F)F)cc2)nc(Cl)c1Br. The number of nitrogens with zero attached hydrogens (tertiary/aromatic N) is 2. The molecule has 2 rings (SSSR count). The average Bonchev–Trinajstić information content (AvgIpc) is 2.34. The van der Waals surface area contributed by atoms with E-state index in [0.717, 1.165) is 0 Å². The van der Waals surface area contributed by atoms with Gasteiger partial charge in [-0.25, -0.2) is 9.97 Å². The second-order valence-corrected chi connectivity index (χ2v) is 6.10. The standard InChI is InChI=1S/C12H7BrClF3N2S/c1-6-9(13)10(14)19-11(18-6)7-2-4-8(5-3-7)20-12(15,16)17/h2-5H,1H3. The molecule has 20 heavy (non-hydrogen) atoms. The highest BCUT2D eigenvalue weighted by Gasteiger charge is 2.29. The second kappa shape index (κ2) is 5.91. The van der Waals surface area contributed by atoms with Gasteiger partial charge in [-0.2, -0.15) is 13.2 Å². The van der Waals surface area contributed by atoms with Crippen molar-refractivity contribution >= 4 is 39.3 Å². The van der Waals surface area contributed by atoms with Gasteiger partial charge in [-0.3, -0.25) is 0 Å². The second-order valence-electron chi connectivity index (χ2n) is 3.81. The summed E-state index contributed by atoms with van der Waals surface area (Å²) in [4.78, 5) is 8.44. The monoisotopic (exact) mass is 382 g/mol. The number of halogens is 5. The quantitative estimate of drug-likeness (QED) is 0.507. The van der Waals surface area contributed by atoms with Crippen LogP contribution in [0.3, 0.4) is 0 Å². The maximum atomic E-state index is 12.2. The fourth-order valence-electron chi connectivity index (χ4n) is 1.46. The van der Waals surface area contributed by atoms with Gasteiger partial charge < -0.3 is 0 Å². The topological polar surface area (TPSA) is 25.8 Å². The highest BCUT2D eigenvalue weighted by atomic mass is 79.9. The lowest BCUT2D eigenvalue weighted by molar-refractivity contribution is -0.0328. The molecule has 8 heteroatoms. The minimum absolute atomic E-state index is 0.112. The van der Waals surface area contributed by atoms with E-state index < -0.39 is 5.51 Å². The first-order chi connectivity index (χ1) is 9.26. The third-order valence-corrected chi connectivity index (χ3v) is 4.51. The summed E-state index contributed by atoms with van der Waals surface area (Å²) in [5, 5.41) is 0.265. The first kappa shape index (κ1) is 15.6. The van der Waals surface area contributed by atoms with Gasteiger partial charge >= 0.3 is 5.51 Å². The van der Waals surface area contributed by atoms with Crippen molar-refractivity contribution in [1.29, 1.82) is 0 Å². The van der Waals surface area contributed by atoms with E-state index in [4.69, 9.17) is 11.6 Å². The molecule has 2 nitrogen and oxygen atoms in total. The minimum Gasteiger partial charge on any atom is -0.232 e. The Morgan fingerprint density at radius 1 is 1.15 bits per heavy atom. The Morgan fingerprint density at radius 3 is 2.25 bits per heavy atom. The zero-order valence-corrected chi connectivity index (χ0v) is 13.2. The Hall–Kier alpha value is -0.790. The van der Waals surface area contributed by atoms with Gasteiger partial charge in [0.2, 0.25) is 0 Å². The Kier molecular flexibility index (Phi) is 4.61. The van der Waals surface area contributed by atoms with Crippen molar-refractivity contribution in [3.63, 3.8) is 0 Å². The van der Waals surface area contributed by atoms with Crippen LogP contribution in [-0.4, -0.2) is 15.5 Å². The third kappa shape index (κ3) is 3.86. The summed E-state index contributed by atoms with van der Waals surface area (Å²) in [5.41, 5.74) is -3.03. The zero-order valence-electron chi connectivity index (χ0n) is 10.0. The summed E-state index contributed by atoms with van der Waals surface area (Å²) in [6.07, 6.45) is 0. The van der Waals surface area contributed by atoms with Gasteiger partial charge in [0, 0.05) is 10.5 Å². The lowest BCUT2D eigenvalue weighted by Crippen LogP contribution is -1.99. The molecule has 0 aliphatic rings. The van der Waals surface area contributed by atoms with Crippen molar-refractivity contribution in [2.24, 2.45) is 0 Å². The minimum atomic E-state index is -4.30. The third-order valence-electron chi connectivity index (χ3n) is 2.32. The van der Waals surface area contributed by atoms with E-state index in [2.05, 4.69) is 25.9 Å². The molecule has 0 bridgehead atoms. The van der Waals surface area contributed by atoms with E-state index in [0.29, 0.717) is 21.6 Å². The van der Waals surface area contributed by atoms with Gasteiger partial charge in [0.15, 0.2) is 5.82 Å². The molecule has 0 atom stereocenters. The predicted molar refractivity (Wildman–Crippen MR) is 76.8 cm³/mol. The van der Waals surface area contributed by atoms with E-state index in [9.17, 15) is 13.2 Å². The maximum Gasteiger partial charge on any atom is 0.446 e. The molecule has 0 spiro atoms. The van der Waals surface area contributed by atoms with Crippen molar-refractivity contribution in [2.75, 3.05) is 0 Å². The fraction of sp³-hybridized carbons (Fsp3) is 0.167. The number of aryl methyl sites for hydroxylation is 1. The molecule has 1 heterocycles. The highest BCUT2D eigenvalue weighted by Crippen LogP contribution is 2.37. The lowest BCUT2D eigenvalue weighted by Gasteiger charge is -2.07. The van der Waals surface area contributed by atoms with E-state index >= 15 is 0 Å². The number of alkyl halides is 3. The number of rotatable bonds is 2. The molecule has 0 amide bonds. The fourth-order valence-corrected chi connectivity index (χ4v) is 2.39. The molecule has 0 aliphatic heterocycles. The van der Waals surface area contributed by atoms with Crippen LogP contribution in [-0.2, 0) is 0 Å². The number of hydrogen-bond acceptors (Lipinski definition) is 3. The Labute approximate surface area is 130 Å². The van der Waals surface area contributed by atoms with Gasteiger partial charge in [0.25, 0.3) is 0 Å². The Bertz CT molecular complexity index is 609.